The third kappa shape index (κ3) is 3.10. The number of nitrogens with zero attached hydrogens (tertiary/aromatic N) is 4. The summed E-state index contributed by atoms with van der Waals surface area (Å²) in [5, 5.41) is 11.8. The second-order valence-corrected chi connectivity index (χ2v) is 10.1. The molecule has 2 aromatic heterocycles. The van der Waals surface area contributed by atoms with Crippen LogP contribution < -0.4 is 10.0 Å². The standard InChI is InChI=1S/C18H26N6O2S/c25-27(26,14-4-2-1-3-5-14)23-13-7-6-12(10-13)18-22-21-16-11-20-17-15(24(16)18)8-9-19-17/h11-14,19,23H,1-10H2/t12-,13+/m1/s1. The van der Waals surface area contributed by atoms with E-state index in [1.807, 2.05) is 0 Å². The number of hydrogen-bond donors (Lipinski definition) is 2. The minimum atomic E-state index is -3.22. The molecule has 0 aromatic carbocycles. The molecule has 9 heteroatoms. The zero-order chi connectivity index (χ0) is 18.4. The maximum Gasteiger partial charge on any atom is 0.214 e. The van der Waals surface area contributed by atoms with Crippen LogP contribution in [-0.2, 0) is 16.4 Å². The van der Waals surface area contributed by atoms with E-state index in [1.165, 1.54) is 0 Å². The lowest BCUT2D eigenvalue weighted by Crippen LogP contribution is -2.40. The van der Waals surface area contributed by atoms with Gasteiger partial charge in [-0.1, -0.05) is 19.3 Å². The van der Waals surface area contributed by atoms with Crippen molar-refractivity contribution in [2.75, 3.05) is 11.9 Å². The highest BCUT2D eigenvalue weighted by Gasteiger charge is 2.35. The van der Waals surface area contributed by atoms with Gasteiger partial charge in [-0.3, -0.25) is 4.40 Å². The highest BCUT2D eigenvalue weighted by Crippen LogP contribution is 2.36. The molecule has 0 saturated heterocycles. The normalized spacial score (nSPS) is 26.4. The molecule has 0 unspecified atom stereocenters. The summed E-state index contributed by atoms with van der Waals surface area (Å²) in [6.45, 7) is 0.882. The first-order chi connectivity index (χ1) is 13.1. The Labute approximate surface area is 159 Å². The molecule has 2 aliphatic carbocycles. The summed E-state index contributed by atoms with van der Waals surface area (Å²) in [4.78, 5) is 4.42. The lowest BCUT2D eigenvalue weighted by atomic mass is 10.0. The lowest BCUT2D eigenvalue weighted by molar-refractivity contribution is 0.469. The molecule has 27 heavy (non-hydrogen) atoms. The Bertz CT molecular complexity index is 950. The van der Waals surface area contributed by atoms with E-state index in [-0.39, 0.29) is 17.2 Å². The van der Waals surface area contributed by atoms with E-state index in [1.54, 1.807) is 6.20 Å². The SMILES string of the molecule is O=S(=O)(N[C@H]1CC[C@@H](c2nnc3cnc4c(n23)CCN4)C1)C1CCCCC1. The van der Waals surface area contributed by atoms with Crippen molar-refractivity contribution in [3.8, 4) is 0 Å². The summed E-state index contributed by atoms with van der Waals surface area (Å²) < 4.78 is 30.6. The van der Waals surface area contributed by atoms with Crippen molar-refractivity contribution in [2.45, 2.75) is 75.0 Å². The van der Waals surface area contributed by atoms with Crippen molar-refractivity contribution in [3.63, 3.8) is 0 Å². The van der Waals surface area contributed by atoms with Crippen LogP contribution in [0.1, 0.15) is 68.8 Å². The summed E-state index contributed by atoms with van der Waals surface area (Å²) in [6, 6.07) is 0.00212. The van der Waals surface area contributed by atoms with E-state index in [4.69, 9.17) is 0 Å². The third-order valence-corrected chi connectivity index (χ3v) is 8.35. The van der Waals surface area contributed by atoms with Crippen LogP contribution in [0, 0.1) is 0 Å². The largest absolute Gasteiger partial charge is 0.368 e. The molecule has 3 heterocycles. The second-order valence-electron chi connectivity index (χ2n) is 8.11. The highest BCUT2D eigenvalue weighted by atomic mass is 32.2. The van der Waals surface area contributed by atoms with Crippen LogP contribution in [0.15, 0.2) is 6.20 Å². The molecule has 2 fully saturated rings. The predicted molar refractivity (Wildman–Crippen MR) is 102 cm³/mol. The van der Waals surface area contributed by atoms with E-state index < -0.39 is 10.0 Å². The van der Waals surface area contributed by atoms with Gasteiger partial charge in [-0.25, -0.2) is 18.1 Å². The molecule has 0 amide bonds. The van der Waals surface area contributed by atoms with Crippen molar-refractivity contribution in [3.05, 3.63) is 17.7 Å². The Kier molecular flexibility index (Phi) is 4.31. The Morgan fingerprint density at radius 2 is 1.96 bits per heavy atom. The van der Waals surface area contributed by atoms with Crippen LogP contribution in [0.4, 0.5) is 5.82 Å². The summed E-state index contributed by atoms with van der Waals surface area (Å²) in [5.41, 5.74) is 1.91. The van der Waals surface area contributed by atoms with Crippen molar-refractivity contribution in [1.29, 1.82) is 0 Å². The molecule has 2 N–H and O–H groups in total. The summed E-state index contributed by atoms with van der Waals surface area (Å²) in [6.07, 6.45) is 10.1. The van der Waals surface area contributed by atoms with Crippen LogP contribution in [0.3, 0.4) is 0 Å². The van der Waals surface area contributed by atoms with Gasteiger partial charge < -0.3 is 5.32 Å². The van der Waals surface area contributed by atoms with Crippen LogP contribution in [0.5, 0.6) is 0 Å². The number of sulfonamides is 1. The second kappa shape index (κ2) is 6.70. The van der Waals surface area contributed by atoms with Gasteiger partial charge in [0, 0.05) is 24.9 Å². The van der Waals surface area contributed by atoms with Crippen molar-refractivity contribution >= 4 is 21.5 Å². The maximum absolute atomic E-state index is 12.7. The monoisotopic (exact) mass is 390 g/mol. The molecule has 0 radical (unpaired) electrons. The van der Waals surface area contributed by atoms with Crippen LogP contribution in [0.25, 0.3) is 5.65 Å². The number of fused-ring (bicyclic) bond motifs is 3. The fourth-order valence-corrected chi connectivity index (χ4v) is 6.77. The van der Waals surface area contributed by atoms with Gasteiger partial charge >= 0.3 is 0 Å². The zero-order valence-corrected chi connectivity index (χ0v) is 16.2. The van der Waals surface area contributed by atoms with E-state index in [9.17, 15) is 8.42 Å². The van der Waals surface area contributed by atoms with Gasteiger partial charge in [0.1, 0.15) is 11.6 Å². The fourth-order valence-electron chi connectivity index (χ4n) is 4.94. The first kappa shape index (κ1) is 17.4. The molecule has 5 rings (SSSR count). The van der Waals surface area contributed by atoms with Crippen LogP contribution in [-0.4, -0.2) is 45.8 Å². The van der Waals surface area contributed by atoms with Gasteiger partial charge in [-0.15, -0.1) is 10.2 Å². The van der Waals surface area contributed by atoms with Gasteiger partial charge in [0.2, 0.25) is 10.0 Å². The maximum atomic E-state index is 12.7. The first-order valence-corrected chi connectivity index (χ1v) is 11.6. The lowest BCUT2D eigenvalue weighted by Gasteiger charge is -2.24. The average molecular weight is 391 g/mol. The molecule has 146 valence electrons. The third-order valence-electron chi connectivity index (χ3n) is 6.34. The Morgan fingerprint density at radius 1 is 1.11 bits per heavy atom. The molecular weight excluding hydrogens is 364 g/mol. The van der Waals surface area contributed by atoms with Gasteiger partial charge in [0.05, 0.1) is 17.1 Å². The van der Waals surface area contributed by atoms with E-state index in [0.29, 0.717) is 0 Å². The predicted octanol–water partition coefficient (Wildman–Crippen LogP) is 1.98. The number of aromatic nitrogens is 4. The van der Waals surface area contributed by atoms with Crippen molar-refractivity contribution in [1.82, 2.24) is 24.3 Å². The van der Waals surface area contributed by atoms with Crippen LogP contribution >= 0.6 is 0 Å². The van der Waals surface area contributed by atoms with Gasteiger partial charge in [0.25, 0.3) is 0 Å². The minimum Gasteiger partial charge on any atom is -0.368 e. The minimum absolute atomic E-state index is 0.00212. The van der Waals surface area contributed by atoms with Gasteiger partial charge in [-0.05, 0) is 32.1 Å². The van der Waals surface area contributed by atoms with E-state index in [2.05, 4.69) is 29.6 Å². The van der Waals surface area contributed by atoms with E-state index in [0.717, 1.165) is 87.3 Å². The van der Waals surface area contributed by atoms with Crippen molar-refractivity contribution in [2.24, 2.45) is 0 Å². The Hall–Kier alpha value is -1.74. The fraction of sp³-hybridized carbons (Fsp3) is 0.722. The number of nitrogens with one attached hydrogen (secondary N) is 2. The van der Waals surface area contributed by atoms with E-state index >= 15 is 0 Å². The van der Waals surface area contributed by atoms with Crippen LogP contribution in [0.2, 0.25) is 0 Å². The van der Waals surface area contributed by atoms with Crippen molar-refractivity contribution < 1.29 is 8.42 Å². The Morgan fingerprint density at radius 3 is 2.81 bits per heavy atom. The molecular formula is C18H26N6O2S. The number of anilines is 1. The molecule has 2 atom stereocenters. The highest BCUT2D eigenvalue weighted by molar-refractivity contribution is 7.90. The average Bonchev–Trinajstić information content (AvgIpc) is 3.40. The number of hydrogen-bond acceptors (Lipinski definition) is 6. The Balaban J connectivity index is 1.34. The van der Waals surface area contributed by atoms with Gasteiger partial charge in [0.15, 0.2) is 5.65 Å². The zero-order valence-electron chi connectivity index (χ0n) is 15.4. The molecule has 2 saturated carbocycles. The summed E-state index contributed by atoms with van der Waals surface area (Å²) in [7, 11) is -3.22. The molecule has 1 aliphatic heterocycles. The molecule has 0 spiro atoms. The van der Waals surface area contributed by atoms with Gasteiger partial charge in [-0.2, -0.15) is 0 Å². The smallest absolute Gasteiger partial charge is 0.214 e. The molecule has 8 nitrogen and oxygen atoms in total. The quantitative estimate of drug-likeness (QED) is 0.828. The summed E-state index contributed by atoms with van der Waals surface area (Å²) >= 11 is 0. The molecule has 0 bridgehead atoms. The molecule has 3 aliphatic rings. The topological polar surface area (TPSA) is 101 Å². The number of rotatable bonds is 4. The first-order valence-electron chi connectivity index (χ1n) is 10.1. The molecule has 2 aromatic rings. The summed E-state index contributed by atoms with van der Waals surface area (Å²) in [5.74, 6) is 2.09.